The van der Waals surface area contributed by atoms with E-state index >= 15 is 0 Å². The van der Waals surface area contributed by atoms with Crippen LogP contribution in [0.5, 0.6) is 0 Å². The molecule has 4 nitrogen and oxygen atoms in total. The van der Waals surface area contributed by atoms with E-state index in [9.17, 15) is 21.6 Å². The van der Waals surface area contributed by atoms with E-state index in [1.807, 2.05) is 0 Å². The summed E-state index contributed by atoms with van der Waals surface area (Å²) in [5, 5.41) is 8.67. The Bertz CT molecular complexity index is 548. The number of aliphatic hydroxyl groups is 1. The molecular formula is C11H14F3NO3S. The van der Waals surface area contributed by atoms with Crippen LogP contribution in [0.1, 0.15) is 13.3 Å². The summed E-state index contributed by atoms with van der Waals surface area (Å²) in [6, 6.07) is 1.21. The summed E-state index contributed by atoms with van der Waals surface area (Å²) in [6.45, 7) is 1.53. The van der Waals surface area contributed by atoms with Gasteiger partial charge in [-0.05, 0) is 24.5 Å². The molecule has 1 atom stereocenters. The SMILES string of the molecule is CC(CCO)CNS(=O)(=O)c1ccc(F)c(F)c1F. The number of sulfonamides is 1. The molecule has 0 saturated carbocycles. The van der Waals surface area contributed by atoms with Crippen molar-refractivity contribution in [2.45, 2.75) is 18.2 Å². The van der Waals surface area contributed by atoms with Crippen molar-refractivity contribution in [1.82, 2.24) is 4.72 Å². The number of nitrogens with one attached hydrogen (secondary N) is 1. The van der Waals surface area contributed by atoms with E-state index in [0.717, 1.165) is 0 Å². The first-order valence-electron chi connectivity index (χ1n) is 5.53. The lowest BCUT2D eigenvalue weighted by atomic mass is 10.1. The molecule has 0 aliphatic heterocycles. The van der Waals surface area contributed by atoms with E-state index in [1.54, 1.807) is 6.92 Å². The Morgan fingerprint density at radius 2 is 1.89 bits per heavy atom. The summed E-state index contributed by atoms with van der Waals surface area (Å²) >= 11 is 0. The van der Waals surface area contributed by atoms with Crippen molar-refractivity contribution >= 4 is 10.0 Å². The Kier molecular flexibility index (Phi) is 5.33. The molecule has 108 valence electrons. The predicted molar refractivity (Wildman–Crippen MR) is 62.4 cm³/mol. The molecule has 0 aliphatic rings. The molecule has 0 saturated heterocycles. The molecule has 1 rings (SSSR count). The van der Waals surface area contributed by atoms with Gasteiger partial charge in [0.25, 0.3) is 0 Å². The lowest BCUT2D eigenvalue weighted by molar-refractivity contribution is 0.263. The lowest BCUT2D eigenvalue weighted by Gasteiger charge is -2.12. The Morgan fingerprint density at radius 1 is 1.26 bits per heavy atom. The van der Waals surface area contributed by atoms with Gasteiger partial charge in [0.2, 0.25) is 10.0 Å². The molecule has 1 unspecified atom stereocenters. The van der Waals surface area contributed by atoms with Gasteiger partial charge in [-0.25, -0.2) is 26.3 Å². The highest BCUT2D eigenvalue weighted by molar-refractivity contribution is 7.89. The highest BCUT2D eigenvalue weighted by Crippen LogP contribution is 2.19. The van der Waals surface area contributed by atoms with Gasteiger partial charge in [-0.15, -0.1) is 0 Å². The molecule has 1 aromatic carbocycles. The van der Waals surface area contributed by atoms with Crippen LogP contribution in [0.3, 0.4) is 0 Å². The number of aliphatic hydroxyl groups excluding tert-OH is 1. The molecule has 0 fully saturated rings. The fourth-order valence-corrected chi connectivity index (χ4v) is 2.60. The summed E-state index contributed by atoms with van der Waals surface area (Å²) in [7, 11) is -4.26. The fourth-order valence-electron chi connectivity index (χ4n) is 1.37. The van der Waals surface area contributed by atoms with Crippen LogP contribution in [-0.4, -0.2) is 26.7 Å². The van der Waals surface area contributed by atoms with Crippen LogP contribution in [0, 0.1) is 23.4 Å². The zero-order chi connectivity index (χ0) is 14.6. The van der Waals surface area contributed by atoms with Crippen LogP contribution in [0.2, 0.25) is 0 Å². The molecule has 0 aliphatic carbocycles. The number of halogens is 3. The van der Waals surface area contributed by atoms with Gasteiger partial charge in [-0.2, -0.15) is 0 Å². The first-order valence-corrected chi connectivity index (χ1v) is 7.02. The summed E-state index contributed by atoms with van der Waals surface area (Å²) < 4.78 is 64.6. The second-order valence-electron chi connectivity index (χ2n) is 4.14. The van der Waals surface area contributed by atoms with Gasteiger partial charge in [0, 0.05) is 13.2 Å². The fraction of sp³-hybridized carbons (Fsp3) is 0.455. The minimum Gasteiger partial charge on any atom is -0.396 e. The van der Waals surface area contributed by atoms with Crippen molar-refractivity contribution in [3.8, 4) is 0 Å². The van der Waals surface area contributed by atoms with Crippen molar-refractivity contribution in [1.29, 1.82) is 0 Å². The maximum absolute atomic E-state index is 13.4. The monoisotopic (exact) mass is 297 g/mol. The van der Waals surface area contributed by atoms with Gasteiger partial charge in [0.05, 0.1) is 0 Å². The van der Waals surface area contributed by atoms with E-state index in [1.165, 1.54) is 0 Å². The van der Waals surface area contributed by atoms with Gasteiger partial charge in [-0.3, -0.25) is 0 Å². The van der Waals surface area contributed by atoms with Gasteiger partial charge < -0.3 is 5.11 Å². The molecule has 0 spiro atoms. The van der Waals surface area contributed by atoms with Crippen LogP contribution in [0.25, 0.3) is 0 Å². The number of hydrogen-bond donors (Lipinski definition) is 2. The third-order valence-corrected chi connectivity index (χ3v) is 3.97. The molecule has 0 heterocycles. The highest BCUT2D eigenvalue weighted by atomic mass is 32.2. The summed E-state index contributed by atoms with van der Waals surface area (Å²) in [5.74, 6) is -5.20. The van der Waals surface area contributed by atoms with Crippen LogP contribution in [0.15, 0.2) is 17.0 Å². The molecule has 0 aromatic heterocycles. The average molecular weight is 297 g/mol. The Balaban J connectivity index is 2.92. The minimum atomic E-state index is -4.26. The normalized spacial score (nSPS) is 13.5. The number of rotatable bonds is 6. The third kappa shape index (κ3) is 3.92. The lowest BCUT2D eigenvalue weighted by Crippen LogP contribution is -2.29. The van der Waals surface area contributed by atoms with E-state index in [-0.39, 0.29) is 19.1 Å². The minimum absolute atomic E-state index is 0.0403. The van der Waals surface area contributed by atoms with Gasteiger partial charge in [-0.1, -0.05) is 6.92 Å². The average Bonchev–Trinajstić information content (AvgIpc) is 2.34. The topological polar surface area (TPSA) is 66.4 Å². The van der Waals surface area contributed by atoms with Gasteiger partial charge in [0.1, 0.15) is 4.90 Å². The Morgan fingerprint density at radius 3 is 2.47 bits per heavy atom. The van der Waals surface area contributed by atoms with Gasteiger partial charge >= 0.3 is 0 Å². The third-order valence-electron chi connectivity index (χ3n) is 2.53. The first-order chi connectivity index (χ1) is 8.79. The Labute approximate surface area is 109 Å². The van der Waals surface area contributed by atoms with Crippen molar-refractivity contribution in [3.05, 3.63) is 29.6 Å². The van der Waals surface area contributed by atoms with E-state index in [2.05, 4.69) is 4.72 Å². The molecule has 1 aromatic rings. The summed E-state index contributed by atoms with van der Waals surface area (Å²) in [6.07, 6.45) is 0.364. The second kappa shape index (κ2) is 6.36. The van der Waals surface area contributed by atoms with Crippen LogP contribution < -0.4 is 4.72 Å². The number of hydrogen-bond acceptors (Lipinski definition) is 3. The van der Waals surface area contributed by atoms with Crippen LogP contribution in [0.4, 0.5) is 13.2 Å². The first kappa shape index (κ1) is 15.9. The van der Waals surface area contributed by atoms with E-state index in [4.69, 9.17) is 5.11 Å². The maximum Gasteiger partial charge on any atom is 0.243 e. The molecular weight excluding hydrogens is 283 g/mol. The van der Waals surface area contributed by atoms with Crippen molar-refractivity contribution in [2.75, 3.05) is 13.2 Å². The predicted octanol–water partition coefficient (Wildman–Crippen LogP) is 1.40. The summed E-state index contributed by atoms with van der Waals surface area (Å²) in [5.41, 5.74) is 0. The molecule has 2 N–H and O–H groups in total. The maximum atomic E-state index is 13.4. The quantitative estimate of drug-likeness (QED) is 0.780. The second-order valence-corrected chi connectivity index (χ2v) is 5.88. The van der Waals surface area contributed by atoms with Crippen LogP contribution in [-0.2, 0) is 10.0 Å². The molecule has 19 heavy (non-hydrogen) atoms. The zero-order valence-corrected chi connectivity index (χ0v) is 11.0. The summed E-state index contributed by atoms with van der Waals surface area (Å²) in [4.78, 5) is -0.942. The molecule has 0 radical (unpaired) electrons. The van der Waals surface area contributed by atoms with Crippen molar-refractivity contribution in [3.63, 3.8) is 0 Å². The van der Waals surface area contributed by atoms with Crippen molar-refractivity contribution < 1.29 is 26.7 Å². The highest BCUT2D eigenvalue weighted by Gasteiger charge is 2.24. The smallest absolute Gasteiger partial charge is 0.243 e. The molecule has 0 bridgehead atoms. The van der Waals surface area contributed by atoms with Crippen LogP contribution >= 0.6 is 0 Å². The van der Waals surface area contributed by atoms with E-state index in [0.29, 0.717) is 18.6 Å². The molecule has 8 heteroatoms. The zero-order valence-electron chi connectivity index (χ0n) is 10.2. The number of benzene rings is 1. The van der Waals surface area contributed by atoms with Gasteiger partial charge in [0.15, 0.2) is 17.5 Å². The van der Waals surface area contributed by atoms with Crippen molar-refractivity contribution in [2.24, 2.45) is 5.92 Å². The van der Waals surface area contributed by atoms with E-state index < -0.39 is 32.4 Å². The Hall–Kier alpha value is -1.12. The molecule has 0 amide bonds. The largest absolute Gasteiger partial charge is 0.396 e. The standard InChI is InChI=1S/C11H14F3NO3S/c1-7(4-5-16)6-15-19(17,18)9-3-2-8(12)10(13)11(9)14/h2-3,7,15-16H,4-6H2,1H3.